The van der Waals surface area contributed by atoms with Crippen LogP contribution < -0.4 is 0 Å². The monoisotopic (exact) mass is 268 g/mol. The van der Waals surface area contributed by atoms with Crippen molar-refractivity contribution in [3.63, 3.8) is 0 Å². The normalized spacial score (nSPS) is 11.9. The maximum absolute atomic E-state index is 12.7. The van der Waals surface area contributed by atoms with Crippen molar-refractivity contribution >= 4 is 11.5 Å². The summed E-state index contributed by atoms with van der Waals surface area (Å²) in [6, 6.07) is 19.2. The molecule has 3 heteroatoms. The highest BCUT2D eigenvalue weighted by Gasteiger charge is 2.20. The minimum Gasteiger partial charge on any atom is -0.710 e. The Morgan fingerprint density at radius 2 is 1.40 bits per heavy atom. The molecule has 0 saturated carbocycles. The molecule has 0 aliphatic rings. The highest BCUT2D eigenvalue weighted by Crippen LogP contribution is 2.14. The summed E-state index contributed by atoms with van der Waals surface area (Å²) in [4.78, 5) is 2.08. The van der Waals surface area contributed by atoms with Crippen LogP contribution in [0.4, 0.5) is 5.69 Å². The predicted molar refractivity (Wildman–Crippen MR) is 83.2 cm³/mol. The van der Waals surface area contributed by atoms with Gasteiger partial charge in [-0.1, -0.05) is 36.4 Å². The highest BCUT2D eigenvalue weighted by molar-refractivity contribution is 5.95. The molecule has 2 aromatic carbocycles. The molecule has 2 aromatic rings. The van der Waals surface area contributed by atoms with Gasteiger partial charge in [-0.2, -0.15) is 0 Å². The molecule has 0 aliphatic heterocycles. The second kappa shape index (κ2) is 6.75. The van der Waals surface area contributed by atoms with E-state index in [1.54, 1.807) is 0 Å². The third-order valence-corrected chi connectivity index (χ3v) is 3.28. The molecule has 2 rings (SSSR count). The smallest absolute Gasteiger partial charge is 0.287 e. The van der Waals surface area contributed by atoms with Crippen molar-refractivity contribution in [1.29, 1.82) is 0 Å². The first kappa shape index (κ1) is 14.1. The molecule has 0 aliphatic carbocycles. The third kappa shape index (κ3) is 2.99. The van der Waals surface area contributed by atoms with Gasteiger partial charge < -0.3 is 5.21 Å². The van der Waals surface area contributed by atoms with E-state index in [4.69, 9.17) is 0 Å². The second-order valence-electron chi connectivity index (χ2n) is 4.49. The lowest BCUT2D eigenvalue weighted by Gasteiger charge is -2.22. The standard InChI is InChI=1S/C17H20N2O/c1-3-18(4-2)17(15-11-7-5-8-12-15)19(20)16-13-9-6-10-14-16/h5-14H,3-4H2,1-2H3. The van der Waals surface area contributed by atoms with E-state index < -0.39 is 0 Å². The molecule has 0 heterocycles. The van der Waals surface area contributed by atoms with E-state index in [9.17, 15) is 5.21 Å². The summed E-state index contributed by atoms with van der Waals surface area (Å²) in [5.74, 6) is 0.696. The minimum absolute atomic E-state index is 0.651. The Bertz CT molecular complexity index is 560. The molecule has 3 nitrogen and oxygen atoms in total. The number of hydrogen-bond acceptors (Lipinski definition) is 1. The van der Waals surface area contributed by atoms with Crippen molar-refractivity contribution in [2.45, 2.75) is 13.8 Å². The zero-order chi connectivity index (χ0) is 14.4. The first-order valence-electron chi connectivity index (χ1n) is 6.97. The van der Waals surface area contributed by atoms with Crippen molar-refractivity contribution in [3.8, 4) is 0 Å². The average molecular weight is 268 g/mol. The highest BCUT2D eigenvalue weighted by atomic mass is 16.5. The van der Waals surface area contributed by atoms with Crippen LogP contribution in [0.5, 0.6) is 0 Å². The summed E-state index contributed by atoms with van der Waals surface area (Å²) in [5.41, 5.74) is 1.59. The van der Waals surface area contributed by atoms with Crippen LogP contribution in [0, 0.1) is 5.21 Å². The van der Waals surface area contributed by atoms with Gasteiger partial charge in [-0.15, -0.1) is 0 Å². The fraction of sp³-hybridized carbons (Fsp3) is 0.235. The van der Waals surface area contributed by atoms with Gasteiger partial charge in [-0.05, 0) is 38.1 Å². The molecule has 0 bridgehead atoms. The molecule has 0 fully saturated rings. The Kier molecular flexibility index (Phi) is 4.77. The first-order chi connectivity index (χ1) is 9.77. The average Bonchev–Trinajstić information content (AvgIpc) is 2.53. The molecule has 104 valence electrons. The zero-order valence-corrected chi connectivity index (χ0v) is 12.0. The maximum Gasteiger partial charge on any atom is 0.287 e. The molecule has 0 atom stereocenters. The van der Waals surface area contributed by atoms with Crippen LogP contribution in [0.15, 0.2) is 60.7 Å². The largest absolute Gasteiger partial charge is 0.710 e. The van der Waals surface area contributed by atoms with E-state index in [1.807, 2.05) is 60.7 Å². The van der Waals surface area contributed by atoms with Crippen LogP contribution in [-0.4, -0.2) is 28.6 Å². The van der Waals surface area contributed by atoms with Crippen molar-refractivity contribution < 1.29 is 4.74 Å². The molecule has 0 amide bonds. The summed E-state index contributed by atoms with van der Waals surface area (Å²) >= 11 is 0. The van der Waals surface area contributed by atoms with Crippen LogP contribution in [0.2, 0.25) is 0 Å². The van der Waals surface area contributed by atoms with E-state index >= 15 is 0 Å². The number of rotatable bonds is 4. The Hall–Kier alpha value is -2.29. The number of nitrogens with zero attached hydrogens (tertiary/aromatic N) is 2. The van der Waals surface area contributed by atoms with Gasteiger partial charge in [0.1, 0.15) is 5.69 Å². The Morgan fingerprint density at radius 1 is 0.900 bits per heavy atom. The number of benzene rings is 2. The predicted octanol–water partition coefficient (Wildman–Crippen LogP) is 3.62. The van der Waals surface area contributed by atoms with E-state index in [-0.39, 0.29) is 0 Å². The Labute approximate surface area is 120 Å². The van der Waals surface area contributed by atoms with Crippen LogP contribution in [-0.2, 0) is 0 Å². The molecule has 0 spiro atoms. The molecular formula is C17H20N2O. The van der Waals surface area contributed by atoms with Gasteiger partial charge in [0, 0.05) is 0 Å². The Morgan fingerprint density at radius 3 is 1.90 bits per heavy atom. The van der Waals surface area contributed by atoms with Crippen LogP contribution >= 0.6 is 0 Å². The zero-order valence-electron chi connectivity index (χ0n) is 12.0. The van der Waals surface area contributed by atoms with Gasteiger partial charge in [0.15, 0.2) is 0 Å². The lowest BCUT2D eigenvalue weighted by molar-refractivity contribution is -0.367. The summed E-state index contributed by atoms with van der Waals surface area (Å²) in [5, 5.41) is 12.7. The van der Waals surface area contributed by atoms with E-state index in [0.717, 1.165) is 23.4 Å². The summed E-state index contributed by atoms with van der Waals surface area (Å²) in [6.07, 6.45) is 0. The van der Waals surface area contributed by atoms with Gasteiger partial charge in [0.25, 0.3) is 5.84 Å². The maximum atomic E-state index is 12.7. The number of amidine groups is 1. The lowest BCUT2D eigenvalue weighted by atomic mass is 10.2. The Balaban J connectivity index is 2.57. The second-order valence-corrected chi connectivity index (χ2v) is 4.49. The van der Waals surface area contributed by atoms with Crippen molar-refractivity contribution in [1.82, 2.24) is 4.90 Å². The van der Waals surface area contributed by atoms with Crippen molar-refractivity contribution in [2.24, 2.45) is 0 Å². The summed E-state index contributed by atoms with van der Waals surface area (Å²) < 4.78 is 1.02. The molecule has 0 aromatic heterocycles. The van der Waals surface area contributed by atoms with Gasteiger partial charge in [-0.25, -0.2) is 4.74 Å². The first-order valence-corrected chi connectivity index (χ1v) is 6.97. The van der Waals surface area contributed by atoms with Gasteiger partial charge in [-0.3, -0.25) is 4.90 Å². The SMILES string of the molecule is CCN(CC)C(c1ccccc1)=[N+]([O-])c1ccccc1. The van der Waals surface area contributed by atoms with Gasteiger partial charge in [0.05, 0.1) is 18.7 Å². The number of hydrogen-bond donors (Lipinski definition) is 0. The lowest BCUT2D eigenvalue weighted by Crippen LogP contribution is -2.36. The number of para-hydroxylation sites is 1. The van der Waals surface area contributed by atoms with Crippen LogP contribution in [0.1, 0.15) is 19.4 Å². The molecule has 20 heavy (non-hydrogen) atoms. The van der Waals surface area contributed by atoms with Gasteiger partial charge >= 0.3 is 0 Å². The molecular weight excluding hydrogens is 248 g/mol. The fourth-order valence-corrected chi connectivity index (χ4v) is 2.22. The topological polar surface area (TPSA) is 29.3 Å². The quantitative estimate of drug-likeness (QED) is 0.279. The van der Waals surface area contributed by atoms with Crippen molar-refractivity contribution in [3.05, 3.63) is 71.4 Å². The van der Waals surface area contributed by atoms with Crippen LogP contribution in [0.25, 0.3) is 0 Å². The molecule has 0 unspecified atom stereocenters. The third-order valence-electron chi connectivity index (χ3n) is 3.28. The minimum atomic E-state index is 0.651. The van der Waals surface area contributed by atoms with E-state index in [0.29, 0.717) is 11.5 Å². The van der Waals surface area contributed by atoms with Crippen molar-refractivity contribution in [2.75, 3.05) is 13.1 Å². The van der Waals surface area contributed by atoms with E-state index in [2.05, 4.69) is 18.7 Å². The van der Waals surface area contributed by atoms with Gasteiger partial charge in [0.2, 0.25) is 0 Å². The fourth-order valence-electron chi connectivity index (χ4n) is 2.22. The molecule has 0 N–H and O–H groups in total. The van der Waals surface area contributed by atoms with Crippen LogP contribution in [0.3, 0.4) is 0 Å². The molecule has 0 saturated heterocycles. The van der Waals surface area contributed by atoms with E-state index in [1.165, 1.54) is 0 Å². The summed E-state index contributed by atoms with van der Waals surface area (Å²) in [7, 11) is 0. The summed E-state index contributed by atoms with van der Waals surface area (Å²) in [6.45, 7) is 5.72. The molecule has 0 radical (unpaired) electrons.